The van der Waals surface area contributed by atoms with Gasteiger partial charge in [-0.2, -0.15) is 0 Å². The molecule has 6 heteroatoms. The Bertz CT molecular complexity index is 1180. The van der Waals surface area contributed by atoms with Crippen molar-refractivity contribution in [3.8, 4) is 0 Å². The highest BCUT2D eigenvalue weighted by atomic mass is 32.2. The normalized spacial score (nSPS) is 13.1. The number of anilines is 1. The number of fused-ring (bicyclic) bond motifs is 1. The van der Waals surface area contributed by atoms with Crippen molar-refractivity contribution in [2.45, 2.75) is 26.0 Å². The fourth-order valence-corrected chi connectivity index (χ4v) is 5.02. The lowest BCUT2D eigenvalue weighted by atomic mass is 10.1. The Balaban J connectivity index is 0.000000320. The van der Waals surface area contributed by atoms with Crippen molar-refractivity contribution in [2.24, 2.45) is 4.99 Å². The minimum atomic E-state index is 0.775. The summed E-state index contributed by atoms with van der Waals surface area (Å²) in [5.41, 5.74) is 8.07. The van der Waals surface area contributed by atoms with Crippen LogP contribution >= 0.6 is 23.7 Å². The van der Waals surface area contributed by atoms with Gasteiger partial charge in [0.1, 0.15) is 6.29 Å². The van der Waals surface area contributed by atoms with Gasteiger partial charge >= 0.3 is 0 Å². The number of aldehydes is 1. The second kappa shape index (κ2) is 13.8. The molecular weight excluding hydrogens is 470 g/mol. The van der Waals surface area contributed by atoms with Crippen molar-refractivity contribution < 1.29 is 4.79 Å². The first-order valence-electron chi connectivity index (χ1n) is 11.6. The summed E-state index contributed by atoms with van der Waals surface area (Å²) < 4.78 is 3.39. The molecule has 0 saturated carbocycles. The molecule has 0 bridgehead atoms. The molecule has 4 nitrogen and oxygen atoms in total. The number of nitrogens with zero attached hydrogens (tertiary/aromatic N) is 2. The van der Waals surface area contributed by atoms with Gasteiger partial charge < -0.3 is 9.62 Å². The molecule has 35 heavy (non-hydrogen) atoms. The number of benzene rings is 3. The molecule has 4 rings (SSSR count). The first-order chi connectivity index (χ1) is 17.0. The number of hydrogen-bond acceptors (Lipinski definition) is 5. The number of nitrogens with one attached hydrogen (secondary N) is 1. The van der Waals surface area contributed by atoms with Gasteiger partial charge in [-0.3, -0.25) is 4.79 Å². The number of amidine groups is 1. The first kappa shape index (κ1) is 26.6. The van der Waals surface area contributed by atoms with Crippen LogP contribution in [0.15, 0.2) is 83.9 Å². The number of rotatable bonds is 6. The van der Waals surface area contributed by atoms with E-state index in [4.69, 9.17) is 4.99 Å². The summed E-state index contributed by atoms with van der Waals surface area (Å²) in [4.78, 5) is 17.4. The summed E-state index contributed by atoms with van der Waals surface area (Å²) in [7, 11) is 2.15. The predicted molar refractivity (Wildman–Crippen MR) is 155 cm³/mol. The number of carbonyl (C=O) groups excluding carboxylic acids is 1. The molecular formula is C29H33N3OS2. The van der Waals surface area contributed by atoms with E-state index >= 15 is 0 Å². The van der Waals surface area contributed by atoms with Crippen molar-refractivity contribution >= 4 is 46.5 Å². The molecule has 0 aromatic heterocycles. The summed E-state index contributed by atoms with van der Waals surface area (Å²) in [5.74, 6) is 0.913. The summed E-state index contributed by atoms with van der Waals surface area (Å²) in [6, 6.07) is 24.7. The van der Waals surface area contributed by atoms with E-state index in [1.54, 1.807) is 23.7 Å². The molecule has 0 amide bonds. The molecule has 1 aliphatic rings. The number of hydrogen-bond donors (Lipinski definition) is 1. The van der Waals surface area contributed by atoms with Crippen LogP contribution in [0.5, 0.6) is 0 Å². The maximum absolute atomic E-state index is 10.2. The predicted octanol–water partition coefficient (Wildman–Crippen LogP) is 7.00. The summed E-state index contributed by atoms with van der Waals surface area (Å²) in [6.45, 7) is 5.07. The molecule has 0 unspecified atom stereocenters. The molecule has 0 fully saturated rings. The maximum atomic E-state index is 10.2. The molecule has 1 N–H and O–H groups in total. The van der Waals surface area contributed by atoms with Gasteiger partial charge in [-0.15, -0.1) is 0 Å². The topological polar surface area (TPSA) is 44.7 Å². The van der Waals surface area contributed by atoms with Gasteiger partial charge in [0.15, 0.2) is 5.17 Å². The molecule has 0 atom stereocenters. The van der Waals surface area contributed by atoms with E-state index in [2.05, 4.69) is 71.5 Å². The zero-order valence-electron chi connectivity index (χ0n) is 20.8. The van der Waals surface area contributed by atoms with Crippen LogP contribution in [-0.4, -0.2) is 31.3 Å². The van der Waals surface area contributed by atoms with Crippen LogP contribution in [0.3, 0.4) is 0 Å². The van der Waals surface area contributed by atoms with Crippen LogP contribution in [0.25, 0.3) is 5.70 Å². The number of allylic oxidation sites excluding steroid dienone is 1. The van der Waals surface area contributed by atoms with E-state index in [-0.39, 0.29) is 0 Å². The van der Waals surface area contributed by atoms with Crippen LogP contribution in [0, 0.1) is 6.92 Å². The average Bonchev–Trinajstić information content (AvgIpc) is 3.27. The van der Waals surface area contributed by atoms with Crippen LogP contribution in [0.4, 0.5) is 5.69 Å². The molecule has 182 valence electrons. The van der Waals surface area contributed by atoms with Crippen molar-refractivity contribution in [3.63, 3.8) is 0 Å². The van der Waals surface area contributed by atoms with E-state index in [9.17, 15) is 4.79 Å². The Morgan fingerprint density at radius 3 is 2.49 bits per heavy atom. The Morgan fingerprint density at radius 2 is 1.83 bits per heavy atom. The second-order valence-corrected chi connectivity index (χ2v) is 9.74. The van der Waals surface area contributed by atoms with Gasteiger partial charge in [0.25, 0.3) is 0 Å². The van der Waals surface area contributed by atoms with E-state index in [0.717, 1.165) is 47.0 Å². The zero-order valence-corrected chi connectivity index (χ0v) is 22.5. The summed E-state index contributed by atoms with van der Waals surface area (Å²) >= 11 is 3.31. The molecule has 0 spiro atoms. The highest BCUT2D eigenvalue weighted by Crippen LogP contribution is 2.30. The molecule has 3 aromatic rings. The standard InChI is InChI=1S/C21H25N3S2.C8H8O/c1-4-19(17-10-11-20-18(14-17)12-13-24(20)2)22-21(25-3)23-26-15-16-8-6-5-7-9-16;1-7-4-2-3-5-8(7)6-9/h4-11,14H,12-13,15H2,1-3H3,(H,22,23);2-6H,1H3/b19-4+;. The van der Waals surface area contributed by atoms with Gasteiger partial charge in [-0.1, -0.05) is 78.5 Å². The minimum Gasteiger partial charge on any atom is -0.374 e. The molecule has 0 aliphatic carbocycles. The quantitative estimate of drug-likeness (QED) is 0.170. The maximum Gasteiger partial charge on any atom is 0.171 e. The van der Waals surface area contributed by atoms with Crippen LogP contribution < -0.4 is 9.62 Å². The van der Waals surface area contributed by atoms with Gasteiger partial charge in [0.05, 0.1) is 5.70 Å². The zero-order chi connectivity index (χ0) is 25.0. The lowest BCUT2D eigenvalue weighted by Crippen LogP contribution is -2.12. The number of aliphatic imine (C=N–C) groups is 1. The third-order valence-corrected chi connectivity index (χ3v) is 7.27. The Hall–Kier alpha value is -2.96. The second-order valence-electron chi connectivity index (χ2n) is 8.16. The average molecular weight is 504 g/mol. The molecule has 1 aliphatic heterocycles. The van der Waals surface area contributed by atoms with Crippen LogP contribution in [0.2, 0.25) is 0 Å². The van der Waals surface area contributed by atoms with Crippen molar-refractivity contribution in [2.75, 3.05) is 24.7 Å². The van der Waals surface area contributed by atoms with Gasteiger partial charge in [0.2, 0.25) is 0 Å². The van der Waals surface area contributed by atoms with Gasteiger partial charge in [-0.05, 0) is 67.3 Å². The number of carbonyl (C=O) groups is 1. The summed E-state index contributed by atoms with van der Waals surface area (Å²) in [6.07, 6.45) is 6.12. The number of thioether (sulfide) groups is 1. The Labute approximate surface area is 218 Å². The molecule has 0 saturated heterocycles. The molecule has 3 aromatic carbocycles. The minimum absolute atomic E-state index is 0.775. The lowest BCUT2D eigenvalue weighted by molar-refractivity contribution is 0.112. The first-order valence-corrected chi connectivity index (χ1v) is 13.8. The number of likely N-dealkylation sites (N-methyl/N-ethyl adjacent to an activating group) is 1. The fraction of sp³-hybridized carbons (Fsp3) is 0.241. The van der Waals surface area contributed by atoms with Crippen molar-refractivity contribution in [1.82, 2.24) is 4.72 Å². The third-order valence-electron chi connectivity index (χ3n) is 5.75. The molecule has 1 heterocycles. The summed E-state index contributed by atoms with van der Waals surface area (Å²) in [5, 5.41) is 0.927. The fourth-order valence-electron chi connectivity index (χ4n) is 3.72. The van der Waals surface area contributed by atoms with Crippen molar-refractivity contribution in [3.05, 3.63) is 107 Å². The Morgan fingerprint density at radius 1 is 1.09 bits per heavy atom. The van der Waals surface area contributed by atoms with E-state index in [1.165, 1.54) is 22.4 Å². The van der Waals surface area contributed by atoms with Gasteiger partial charge in [-0.25, -0.2) is 4.99 Å². The highest BCUT2D eigenvalue weighted by molar-refractivity contribution is 8.14. The smallest absolute Gasteiger partial charge is 0.171 e. The monoisotopic (exact) mass is 503 g/mol. The van der Waals surface area contributed by atoms with Gasteiger partial charge in [0, 0.05) is 36.2 Å². The number of aryl methyl sites for hydroxylation is 1. The Kier molecular flexibility index (Phi) is 10.5. The highest BCUT2D eigenvalue weighted by Gasteiger charge is 2.16. The SMILES string of the molecule is C/C=C(/N=C(NSCc1ccccc1)SC)c1ccc2c(c1)CCN2C.Cc1ccccc1C=O. The lowest BCUT2D eigenvalue weighted by Gasteiger charge is -2.13. The molecule has 0 radical (unpaired) electrons. The third kappa shape index (κ3) is 7.77. The van der Waals surface area contributed by atoms with Crippen LogP contribution in [0.1, 0.15) is 39.5 Å². The largest absolute Gasteiger partial charge is 0.374 e. The van der Waals surface area contributed by atoms with Crippen LogP contribution in [-0.2, 0) is 12.2 Å². The van der Waals surface area contributed by atoms with E-state index in [1.807, 2.05) is 44.2 Å². The van der Waals surface area contributed by atoms with E-state index < -0.39 is 0 Å². The van der Waals surface area contributed by atoms with E-state index in [0.29, 0.717) is 0 Å². The van der Waals surface area contributed by atoms with Crippen molar-refractivity contribution in [1.29, 1.82) is 0 Å².